The van der Waals surface area contributed by atoms with Gasteiger partial charge >= 0.3 is 7.12 Å². The smallest absolute Gasteiger partial charge is 0.399 e. The van der Waals surface area contributed by atoms with E-state index < -0.39 is 18.3 Å². The quantitative estimate of drug-likeness (QED) is 0.212. The minimum atomic E-state index is -0.455. The van der Waals surface area contributed by atoms with Crippen LogP contribution in [-0.2, 0) is 9.31 Å². The Labute approximate surface area is 241 Å². The molecule has 0 amide bonds. The Morgan fingerprint density at radius 3 is 1.80 bits per heavy atom. The second-order valence-corrected chi connectivity index (χ2v) is 12.3. The van der Waals surface area contributed by atoms with Crippen LogP contribution in [0.15, 0.2) is 115 Å². The fraction of sp³-hybridized carbons (Fsp3) is 0.158. The number of rotatable bonds is 3. The van der Waals surface area contributed by atoms with E-state index in [1.807, 2.05) is 0 Å². The molecule has 8 rings (SSSR count). The molecule has 0 radical (unpaired) electrons. The zero-order valence-corrected chi connectivity index (χ0v) is 23.9. The molecule has 198 valence electrons. The molecular formula is C38H31BO2. The van der Waals surface area contributed by atoms with Gasteiger partial charge in [0.2, 0.25) is 0 Å². The van der Waals surface area contributed by atoms with Gasteiger partial charge in [-0.1, -0.05) is 109 Å². The lowest BCUT2D eigenvalue weighted by atomic mass is 9.73. The van der Waals surface area contributed by atoms with E-state index in [1.165, 1.54) is 66.1 Å². The van der Waals surface area contributed by atoms with Gasteiger partial charge in [-0.15, -0.1) is 0 Å². The highest BCUT2D eigenvalue weighted by Crippen LogP contribution is 2.56. The van der Waals surface area contributed by atoms with E-state index in [0.717, 1.165) is 5.46 Å². The van der Waals surface area contributed by atoms with Gasteiger partial charge in [-0.3, -0.25) is 0 Å². The van der Waals surface area contributed by atoms with Gasteiger partial charge in [0.05, 0.1) is 11.2 Å². The molecule has 3 heteroatoms. The number of hydrogen-bond donors (Lipinski definition) is 0. The van der Waals surface area contributed by atoms with Crippen molar-refractivity contribution in [3.05, 3.63) is 115 Å². The van der Waals surface area contributed by atoms with E-state index in [-0.39, 0.29) is 0 Å². The Morgan fingerprint density at radius 1 is 0.488 bits per heavy atom. The minimum absolute atomic E-state index is 0.422. The first-order valence-electron chi connectivity index (χ1n) is 14.5. The van der Waals surface area contributed by atoms with Crippen LogP contribution in [0, 0.1) is 0 Å². The first-order valence-corrected chi connectivity index (χ1v) is 14.5. The molecule has 2 aliphatic rings. The molecule has 1 heterocycles. The maximum absolute atomic E-state index is 6.66. The highest BCUT2D eigenvalue weighted by molar-refractivity contribution is 6.66. The molecular weight excluding hydrogens is 499 g/mol. The van der Waals surface area contributed by atoms with Gasteiger partial charge < -0.3 is 9.31 Å². The molecule has 6 aromatic rings. The normalized spacial score (nSPS) is 16.4. The third-order valence-corrected chi connectivity index (χ3v) is 9.44. The third kappa shape index (κ3) is 3.53. The summed E-state index contributed by atoms with van der Waals surface area (Å²) in [5.74, 6) is 0. The third-order valence-electron chi connectivity index (χ3n) is 9.44. The largest absolute Gasteiger partial charge is 0.495 e. The van der Waals surface area contributed by atoms with Crippen molar-refractivity contribution >= 4 is 34.1 Å². The Balaban J connectivity index is 1.52. The van der Waals surface area contributed by atoms with Crippen molar-refractivity contribution < 1.29 is 9.31 Å². The molecule has 0 unspecified atom stereocenters. The molecule has 1 fully saturated rings. The van der Waals surface area contributed by atoms with Crippen LogP contribution in [0.25, 0.3) is 66.1 Å². The fourth-order valence-corrected chi connectivity index (χ4v) is 6.72. The average molecular weight is 530 g/mol. The summed E-state index contributed by atoms with van der Waals surface area (Å²) in [4.78, 5) is 0. The average Bonchev–Trinajstić information content (AvgIpc) is 3.43. The van der Waals surface area contributed by atoms with Crippen LogP contribution in [0.5, 0.6) is 0 Å². The van der Waals surface area contributed by atoms with Crippen molar-refractivity contribution in [2.75, 3.05) is 0 Å². The number of benzene rings is 6. The van der Waals surface area contributed by atoms with Gasteiger partial charge in [-0.2, -0.15) is 0 Å². The molecule has 0 spiro atoms. The molecule has 0 bridgehead atoms. The molecule has 1 aliphatic carbocycles. The molecule has 0 saturated carbocycles. The summed E-state index contributed by atoms with van der Waals surface area (Å²) in [6.07, 6.45) is 0. The summed E-state index contributed by atoms with van der Waals surface area (Å²) >= 11 is 0. The maximum atomic E-state index is 6.66. The van der Waals surface area contributed by atoms with E-state index in [0.29, 0.717) is 0 Å². The van der Waals surface area contributed by atoms with Gasteiger partial charge in [0.25, 0.3) is 0 Å². The Hall–Kier alpha value is -4.18. The summed E-state index contributed by atoms with van der Waals surface area (Å²) in [6.45, 7) is 8.49. The van der Waals surface area contributed by atoms with Crippen molar-refractivity contribution in [3.8, 4) is 44.5 Å². The zero-order chi connectivity index (χ0) is 27.9. The highest BCUT2D eigenvalue weighted by Gasteiger charge is 2.52. The van der Waals surface area contributed by atoms with Crippen molar-refractivity contribution in [1.82, 2.24) is 0 Å². The lowest BCUT2D eigenvalue weighted by Gasteiger charge is -2.32. The van der Waals surface area contributed by atoms with Crippen LogP contribution in [-0.4, -0.2) is 18.3 Å². The maximum Gasteiger partial charge on any atom is 0.495 e. The summed E-state index contributed by atoms with van der Waals surface area (Å²) in [5, 5.41) is 4.99. The van der Waals surface area contributed by atoms with Gasteiger partial charge in [0, 0.05) is 0 Å². The first kappa shape index (κ1) is 24.6. The standard InChI is InChI=1S/C38H31BO2/c1-37(2)38(3,4)41-39(40-37)32-23-30(24-14-7-5-8-15-24)35-34-28(20-13-21-29(32)34)31-22-26-18-11-12-19-27(26)33(36(31)35)25-16-9-6-10-17-25/h5-23H,1-4H3. The Kier molecular flexibility index (Phi) is 5.20. The molecule has 6 aromatic carbocycles. The molecule has 1 aliphatic heterocycles. The van der Waals surface area contributed by atoms with E-state index in [1.54, 1.807) is 0 Å². The predicted octanol–water partition coefficient (Wildman–Crippen LogP) is 9.27. The predicted molar refractivity (Wildman–Crippen MR) is 172 cm³/mol. The van der Waals surface area contributed by atoms with Gasteiger partial charge in [-0.05, 0) is 105 Å². The van der Waals surface area contributed by atoms with Crippen LogP contribution in [0.4, 0.5) is 0 Å². The summed E-state index contributed by atoms with van der Waals surface area (Å²) in [6, 6.07) is 41.8. The lowest BCUT2D eigenvalue weighted by Crippen LogP contribution is -2.41. The molecule has 0 aromatic heterocycles. The molecule has 0 N–H and O–H groups in total. The molecule has 2 nitrogen and oxygen atoms in total. The first-order chi connectivity index (χ1) is 19.8. The van der Waals surface area contributed by atoms with Crippen LogP contribution >= 0.6 is 0 Å². The van der Waals surface area contributed by atoms with Crippen molar-refractivity contribution in [2.24, 2.45) is 0 Å². The molecule has 41 heavy (non-hydrogen) atoms. The van der Waals surface area contributed by atoms with E-state index in [4.69, 9.17) is 9.31 Å². The summed E-state index contributed by atoms with van der Waals surface area (Å²) < 4.78 is 13.3. The van der Waals surface area contributed by atoms with Gasteiger partial charge in [0.15, 0.2) is 0 Å². The van der Waals surface area contributed by atoms with Crippen molar-refractivity contribution in [1.29, 1.82) is 0 Å². The number of fused-ring (bicyclic) bond motifs is 4. The van der Waals surface area contributed by atoms with E-state index in [2.05, 4.69) is 143 Å². The zero-order valence-electron chi connectivity index (χ0n) is 23.9. The summed E-state index contributed by atoms with van der Waals surface area (Å²) in [5.41, 5.74) is 10.3. The second kappa shape index (κ2) is 8.66. The van der Waals surface area contributed by atoms with Crippen LogP contribution in [0.3, 0.4) is 0 Å². The number of hydrogen-bond acceptors (Lipinski definition) is 2. The van der Waals surface area contributed by atoms with Gasteiger partial charge in [0.1, 0.15) is 0 Å². The van der Waals surface area contributed by atoms with Crippen LogP contribution in [0.1, 0.15) is 27.7 Å². The monoisotopic (exact) mass is 530 g/mol. The lowest BCUT2D eigenvalue weighted by molar-refractivity contribution is 0.00578. The highest BCUT2D eigenvalue weighted by atomic mass is 16.7. The van der Waals surface area contributed by atoms with E-state index in [9.17, 15) is 0 Å². The molecule has 0 atom stereocenters. The SMILES string of the molecule is CC1(C)OB(c2cc(-c3ccccc3)c3c4c(cccc24)-c2cc4ccccc4c(-c4ccccc4)c2-3)OC1(C)C. The van der Waals surface area contributed by atoms with Crippen molar-refractivity contribution in [2.45, 2.75) is 38.9 Å². The topological polar surface area (TPSA) is 18.5 Å². The Morgan fingerprint density at radius 2 is 1.10 bits per heavy atom. The Bertz CT molecular complexity index is 1980. The molecule has 1 saturated heterocycles. The summed E-state index contributed by atoms with van der Waals surface area (Å²) in [7, 11) is -0.455. The van der Waals surface area contributed by atoms with E-state index >= 15 is 0 Å². The van der Waals surface area contributed by atoms with Crippen molar-refractivity contribution in [3.63, 3.8) is 0 Å². The van der Waals surface area contributed by atoms with Gasteiger partial charge in [-0.25, -0.2) is 0 Å². The van der Waals surface area contributed by atoms with Crippen LogP contribution < -0.4 is 5.46 Å². The fourth-order valence-electron chi connectivity index (χ4n) is 6.72. The minimum Gasteiger partial charge on any atom is -0.399 e. The second-order valence-electron chi connectivity index (χ2n) is 12.3. The van der Waals surface area contributed by atoms with Crippen LogP contribution in [0.2, 0.25) is 0 Å².